The molecule has 0 bridgehead atoms. The molecule has 0 aromatic heterocycles. The summed E-state index contributed by atoms with van der Waals surface area (Å²) in [6.45, 7) is 1.69. The summed E-state index contributed by atoms with van der Waals surface area (Å²) in [4.78, 5) is 10.3. The van der Waals surface area contributed by atoms with Crippen LogP contribution in [0, 0.1) is 5.92 Å². The standard InChI is InChI=1S/C5H9NO2S/c1-3(5(6)9)2-4(7)8/h3H,2H2,1H3,(H2,6,9)(H,7,8)/t3-/m0/s1. The molecule has 0 saturated carbocycles. The molecule has 3 N–H and O–H groups in total. The lowest BCUT2D eigenvalue weighted by atomic mass is 10.1. The van der Waals surface area contributed by atoms with Gasteiger partial charge in [0, 0.05) is 5.92 Å². The maximum absolute atomic E-state index is 10.00. The molecule has 0 saturated heterocycles. The minimum atomic E-state index is -0.865. The van der Waals surface area contributed by atoms with Gasteiger partial charge in [0.2, 0.25) is 0 Å². The Morgan fingerprint density at radius 1 is 1.89 bits per heavy atom. The van der Waals surface area contributed by atoms with Gasteiger partial charge < -0.3 is 10.8 Å². The summed E-state index contributed by atoms with van der Waals surface area (Å²) >= 11 is 4.55. The lowest BCUT2D eigenvalue weighted by molar-refractivity contribution is -0.137. The molecule has 9 heavy (non-hydrogen) atoms. The van der Waals surface area contributed by atoms with E-state index in [4.69, 9.17) is 10.8 Å². The average molecular weight is 147 g/mol. The van der Waals surface area contributed by atoms with Gasteiger partial charge in [0.15, 0.2) is 0 Å². The fourth-order valence-electron chi connectivity index (χ4n) is 0.363. The number of aliphatic carboxylic acids is 1. The van der Waals surface area contributed by atoms with E-state index in [1.54, 1.807) is 6.92 Å². The van der Waals surface area contributed by atoms with Gasteiger partial charge in [-0.15, -0.1) is 0 Å². The van der Waals surface area contributed by atoms with Crippen molar-refractivity contribution in [1.82, 2.24) is 0 Å². The van der Waals surface area contributed by atoms with E-state index >= 15 is 0 Å². The summed E-state index contributed by atoms with van der Waals surface area (Å²) in [5.41, 5.74) is 5.15. The van der Waals surface area contributed by atoms with Crippen LogP contribution < -0.4 is 5.73 Å². The third-order valence-electron chi connectivity index (χ3n) is 0.967. The molecule has 0 radical (unpaired) electrons. The van der Waals surface area contributed by atoms with Gasteiger partial charge in [-0.1, -0.05) is 19.1 Å². The van der Waals surface area contributed by atoms with Crippen LogP contribution in [0.25, 0.3) is 0 Å². The second-order valence-electron chi connectivity index (χ2n) is 1.90. The van der Waals surface area contributed by atoms with E-state index in [2.05, 4.69) is 12.2 Å². The van der Waals surface area contributed by atoms with Crippen LogP contribution in [0.3, 0.4) is 0 Å². The molecule has 3 nitrogen and oxygen atoms in total. The quantitative estimate of drug-likeness (QED) is 0.566. The predicted octanol–water partition coefficient (Wildman–Crippen LogP) is 0.383. The van der Waals surface area contributed by atoms with Crippen LogP contribution in [0.1, 0.15) is 13.3 Å². The van der Waals surface area contributed by atoms with E-state index in [9.17, 15) is 4.79 Å². The molecule has 1 atom stereocenters. The molecule has 0 amide bonds. The zero-order valence-electron chi connectivity index (χ0n) is 5.13. The molecule has 0 aromatic rings. The molecule has 0 heterocycles. The molecule has 4 heteroatoms. The van der Waals surface area contributed by atoms with Gasteiger partial charge in [-0.3, -0.25) is 4.79 Å². The summed E-state index contributed by atoms with van der Waals surface area (Å²) in [7, 11) is 0. The van der Waals surface area contributed by atoms with Crippen molar-refractivity contribution in [1.29, 1.82) is 0 Å². The first-order valence-corrected chi connectivity index (χ1v) is 2.96. The fraction of sp³-hybridized carbons (Fsp3) is 0.600. The van der Waals surface area contributed by atoms with Crippen LogP contribution in [0.4, 0.5) is 0 Å². The minimum Gasteiger partial charge on any atom is -0.481 e. The van der Waals surface area contributed by atoms with E-state index in [1.165, 1.54) is 0 Å². The largest absolute Gasteiger partial charge is 0.481 e. The summed E-state index contributed by atoms with van der Waals surface area (Å²) in [5, 5.41) is 8.22. The first-order valence-electron chi connectivity index (χ1n) is 2.55. The van der Waals surface area contributed by atoms with Gasteiger partial charge in [0.1, 0.15) is 0 Å². The van der Waals surface area contributed by atoms with Gasteiger partial charge >= 0.3 is 5.97 Å². The third kappa shape index (κ3) is 3.90. The Balaban J connectivity index is 3.63. The summed E-state index contributed by atoms with van der Waals surface area (Å²) in [6, 6.07) is 0. The molecule has 0 unspecified atom stereocenters. The number of carbonyl (C=O) groups is 1. The molecule has 0 spiro atoms. The van der Waals surface area contributed by atoms with Crippen LogP contribution in [-0.4, -0.2) is 16.1 Å². The zero-order chi connectivity index (χ0) is 7.44. The van der Waals surface area contributed by atoms with Gasteiger partial charge in [-0.2, -0.15) is 0 Å². The molecule has 52 valence electrons. The van der Waals surface area contributed by atoms with Crippen LogP contribution in [0.15, 0.2) is 0 Å². The number of rotatable bonds is 3. The summed E-state index contributed by atoms with van der Waals surface area (Å²) in [5.74, 6) is -1.06. The van der Waals surface area contributed by atoms with Crippen molar-refractivity contribution in [2.45, 2.75) is 13.3 Å². The van der Waals surface area contributed by atoms with Crippen LogP contribution in [0.2, 0.25) is 0 Å². The molecule has 0 aliphatic rings. The van der Waals surface area contributed by atoms with E-state index in [0.29, 0.717) is 0 Å². The highest BCUT2D eigenvalue weighted by atomic mass is 32.1. The van der Waals surface area contributed by atoms with Crippen molar-refractivity contribution in [2.75, 3.05) is 0 Å². The highest BCUT2D eigenvalue weighted by Gasteiger charge is 2.08. The SMILES string of the molecule is C[C@@H](CC(=O)O)C(N)=S. The van der Waals surface area contributed by atoms with Crippen molar-refractivity contribution in [3.8, 4) is 0 Å². The van der Waals surface area contributed by atoms with Gasteiger partial charge in [0.25, 0.3) is 0 Å². The fourth-order valence-corrected chi connectivity index (χ4v) is 0.446. The molecule has 0 aromatic carbocycles. The Hall–Kier alpha value is -0.640. The average Bonchev–Trinajstić information content (AvgIpc) is 1.63. The van der Waals surface area contributed by atoms with E-state index in [0.717, 1.165) is 0 Å². The van der Waals surface area contributed by atoms with Crippen molar-refractivity contribution in [3.05, 3.63) is 0 Å². The maximum atomic E-state index is 10.00. The Kier molecular flexibility index (Phi) is 3.16. The van der Waals surface area contributed by atoms with Gasteiger partial charge in [0.05, 0.1) is 11.4 Å². The van der Waals surface area contributed by atoms with Crippen molar-refractivity contribution < 1.29 is 9.90 Å². The number of hydrogen-bond donors (Lipinski definition) is 2. The van der Waals surface area contributed by atoms with Crippen LogP contribution in [0.5, 0.6) is 0 Å². The Bertz CT molecular complexity index is 135. The summed E-state index contributed by atoms with van der Waals surface area (Å²) < 4.78 is 0. The molecular weight excluding hydrogens is 138 g/mol. The topological polar surface area (TPSA) is 63.3 Å². The van der Waals surface area contributed by atoms with E-state index < -0.39 is 5.97 Å². The van der Waals surface area contributed by atoms with Crippen LogP contribution >= 0.6 is 12.2 Å². The number of hydrogen-bond acceptors (Lipinski definition) is 2. The second kappa shape index (κ2) is 3.40. The lowest BCUT2D eigenvalue weighted by Crippen LogP contribution is -2.20. The molecule has 0 fully saturated rings. The number of thiocarbonyl (C=S) groups is 1. The van der Waals surface area contributed by atoms with Gasteiger partial charge in [-0.05, 0) is 0 Å². The van der Waals surface area contributed by atoms with Crippen molar-refractivity contribution >= 4 is 23.2 Å². The Morgan fingerprint density at radius 2 is 2.33 bits per heavy atom. The second-order valence-corrected chi connectivity index (χ2v) is 2.37. The highest BCUT2D eigenvalue weighted by Crippen LogP contribution is 2.00. The molecule has 0 aliphatic heterocycles. The number of nitrogens with two attached hydrogens (primary N) is 1. The molecule has 0 rings (SSSR count). The zero-order valence-corrected chi connectivity index (χ0v) is 5.94. The predicted molar refractivity (Wildman–Crippen MR) is 38.2 cm³/mol. The molecule has 0 aliphatic carbocycles. The first-order chi connectivity index (χ1) is 4.04. The van der Waals surface area contributed by atoms with E-state index in [-0.39, 0.29) is 17.3 Å². The smallest absolute Gasteiger partial charge is 0.304 e. The Morgan fingerprint density at radius 3 is 2.44 bits per heavy atom. The van der Waals surface area contributed by atoms with Crippen LogP contribution in [-0.2, 0) is 4.79 Å². The van der Waals surface area contributed by atoms with Crippen molar-refractivity contribution in [2.24, 2.45) is 11.7 Å². The first kappa shape index (κ1) is 8.36. The summed E-state index contributed by atoms with van der Waals surface area (Å²) in [6.07, 6.45) is 0.0231. The lowest BCUT2D eigenvalue weighted by Gasteiger charge is -2.03. The number of carboxylic acid groups (broad SMARTS) is 1. The van der Waals surface area contributed by atoms with E-state index in [1.807, 2.05) is 0 Å². The normalized spacial score (nSPS) is 12.6. The monoisotopic (exact) mass is 147 g/mol. The van der Waals surface area contributed by atoms with Gasteiger partial charge in [-0.25, -0.2) is 0 Å². The third-order valence-corrected chi connectivity index (χ3v) is 1.37. The molecular formula is C5H9NO2S. The van der Waals surface area contributed by atoms with Crippen molar-refractivity contribution in [3.63, 3.8) is 0 Å². The Labute approximate surface area is 58.9 Å². The highest BCUT2D eigenvalue weighted by molar-refractivity contribution is 7.80. The number of carboxylic acids is 1. The minimum absolute atomic E-state index is 0.0231. The maximum Gasteiger partial charge on any atom is 0.304 e.